The summed E-state index contributed by atoms with van der Waals surface area (Å²) in [5.74, 6) is 0.973. The number of aromatic nitrogens is 2. The molecule has 2 aliphatic rings. The number of ether oxygens (including phenoxy) is 2. The van der Waals surface area contributed by atoms with Crippen molar-refractivity contribution >= 4 is 11.8 Å². The number of nitrogens with zero attached hydrogens (tertiary/aromatic N) is 2. The molecular formula is C18H22N4O3. The Morgan fingerprint density at radius 2 is 2.12 bits per heavy atom. The predicted octanol–water partition coefficient (Wildman–Crippen LogP) is 2.80. The monoisotopic (exact) mass is 342 g/mol. The van der Waals surface area contributed by atoms with Crippen molar-refractivity contribution in [1.82, 2.24) is 15.1 Å². The zero-order valence-corrected chi connectivity index (χ0v) is 14.2. The van der Waals surface area contributed by atoms with Gasteiger partial charge in [-0.25, -0.2) is 4.79 Å². The van der Waals surface area contributed by atoms with Crippen molar-refractivity contribution < 1.29 is 14.3 Å². The smallest absolute Gasteiger partial charge is 0.323 e. The maximum Gasteiger partial charge on any atom is 0.323 e. The van der Waals surface area contributed by atoms with Crippen molar-refractivity contribution in [3.05, 3.63) is 42.0 Å². The molecule has 2 aromatic rings. The lowest BCUT2D eigenvalue weighted by Crippen LogP contribution is -2.63. The first kappa shape index (κ1) is 16.0. The Hall–Kier alpha value is -2.54. The molecule has 0 aliphatic carbocycles. The van der Waals surface area contributed by atoms with Crippen molar-refractivity contribution in [3.63, 3.8) is 0 Å². The molecule has 132 valence electrons. The van der Waals surface area contributed by atoms with Crippen LogP contribution in [0.25, 0.3) is 0 Å². The van der Waals surface area contributed by atoms with Gasteiger partial charge in [-0.1, -0.05) is 30.3 Å². The number of likely N-dealkylation sites (tertiary alicyclic amines) is 1. The van der Waals surface area contributed by atoms with Crippen LogP contribution in [-0.2, 0) is 4.74 Å². The van der Waals surface area contributed by atoms with E-state index in [2.05, 4.69) is 27.6 Å². The number of methoxy groups -OCH3 is 1. The Bertz CT molecular complexity index is 740. The number of amides is 2. The fraction of sp³-hybridized carbons (Fsp3) is 0.444. The fourth-order valence-electron chi connectivity index (χ4n) is 3.96. The van der Waals surface area contributed by atoms with Gasteiger partial charge in [-0.15, -0.1) is 5.10 Å². The molecule has 1 spiro atoms. The number of aromatic amines is 1. The molecule has 2 amide bonds. The minimum atomic E-state index is -0.128. The Labute approximate surface area is 146 Å². The van der Waals surface area contributed by atoms with Gasteiger partial charge in [0.05, 0.1) is 13.2 Å². The predicted molar refractivity (Wildman–Crippen MR) is 92.5 cm³/mol. The minimum Gasteiger partial charge on any atom is -0.480 e. The first-order chi connectivity index (χ1) is 12.2. The van der Waals surface area contributed by atoms with Gasteiger partial charge >= 0.3 is 6.03 Å². The van der Waals surface area contributed by atoms with Gasteiger partial charge in [0.25, 0.3) is 0 Å². The first-order valence-electron chi connectivity index (χ1n) is 8.52. The number of carbonyl (C=O) groups excluding carboxylic acids is 1. The maximum atomic E-state index is 12.8. The third kappa shape index (κ3) is 2.84. The summed E-state index contributed by atoms with van der Waals surface area (Å²) in [7, 11) is 1.54. The molecule has 7 nitrogen and oxygen atoms in total. The Morgan fingerprint density at radius 3 is 2.80 bits per heavy atom. The van der Waals surface area contributed by atoms with Crippen LogP contribution in [0.1, 0.15) is 24.4 Å². The minimum absolute atomic E-state index is 0.0717. The standard InChI is InChI=1S/C18H22N4O3/c1-24-15-11-14(20-21-15)19-17(23)22-12-18(7-9-25-10-8-18)16(22)13-5-3-2-4-6-13/h2-6,11,16H,7-10,12H2,1H3,(H2,19,20,21,23). The summed E-state index contributed by atoms with van der Waals surface area (Å²) >= 11 is 0. The maximum absolute atomic E-state index is 12.8. The van der Waals surface area contributed by atoms with Gasteiger partial charge in [-0.2, -0.15) is 0 Å². The molecule has 1 aromatic heterocycles. The van der Waals surface area contributed by atoms with Crippen molar-refractivity contribution in [3.8, 4) is 5.88 Å². The van der Waals surface area contributed by atoms with Crippen LogP contribution in [0, 0.1) is 5.41 Å². The Morgan fingerprint density at radius 1 is 1.36 bits per heavy atom. The van der Waals surface area contributed by atoms with E-state index in [0.29, 0.717) is 11.7 Å². The molecule has 3 heterocycles. The fourth-order valence-corrected chi connectivity index (χ4v) is 3.96. The SMILES string of the molecule is COc1cc(NC(=O)N2CC3(CCOCC3)C2c2ccccc2)[nH]n1. The molecular weight excluding hydrogens is 320 g/mol. The van der Waals surface area contributed by atoms with Gasteiger partial charge in [0.15, 0.2) is 0 Å². The normalized spacial score (nSPS) is 21.6. The third-order valence-electron chi connectivity index (χ3n) is 5.25. The van der Waals surface area contributed by atoms with Crippen LogP contribution in [0.3, 0.4) is 0 Å². The van der Waals surface area contributed by atoms with E-state index >= 15 is 0 Å². The zero-order valence-electron chi connectivity index (χ0n) is 14.2. The number of nitrogens with one attached hydrogen (secondary N) is 2. The summed E-state index contributed by atoms with van der Waals surface area (Å²) in [5.41, 5.74) is 1.29. The summed E-state index contributed by atoms with van der Waals surface area (Å²) < 4.78 is 10.6. The lowest BCUT2D eigenvalue weighted by molar-refractivity contribution is -0.109. The van der Waals surface area contributed by atoms with Crippen LogP contribution in [-0.4, -0.2) is 48.0 Å². The van der Waals surface area contributed by atoms with Gasteiger partial charge in [0, 0.05) is 31.2 Å². The molecule has 7 heteroatoms. The van der Waals surface area contributed by atoms with Gasteiger partial charge in [0.2, 0.25) is 5.88 Å². The topological polar surface area (TPSA) is 79.5 Å². The average molecular weight is 342 g/mol. The van der Waals surface area contributed by atoms with Crippen LogP contribution in [0.4, 0.5) is 10.6 Å². The van der Waals surface area contributed by atoms with Crippen molar-refractivity contribution in [2.45, 2.75) is 18.9 Å². The number of carbonyl (C=O) groups is 1. The van der Waals surface area contributed by atoms with Crippen molar-refractivity contribution in [2.24, 2.45) is 5.41 Å². The van der Waals surface area contributed by atoms with Crippen LogP contribution >= 0.6 is 0 Å². The average Bonchev–Trinajstić information content (AvgIpc) is 3.09. The van der Waals surface area contributed by atoms with Gasteiger partial charge < -0.3 is 14.4 Å². The quantitative estimate of drug-likeness (QED) is 0.899. The van der Waals surface area contributed by atoms with Gasteiger partial charge in [-0.05, 0) is 18.4 Å². The highest BCUT2D eigenvalue weighted by atomic mass is 16.5. The lowest BCUT2D eigenvalue weighted by Gasteiger charge is -2.59. The largest absolute Gasteiger partial charge is 0.480 e. The highest BCUT2D eigenvalue weighted by Gasteiger charge is 2.55. The molecule has 0 saturated carbocycles. The van der Waals surface area contributed by atoms with E-state index in [0.717, 1.165) is 32.6 Å². The molecule has 2 fully saturated rings. The highest BCUT2D eigenvalue weighted by Crippen LogP contribution is 2.54. The second-order valence-electron chi connectivity index (χ2n) is 6.67. The molecule has 2 N–H and O–H groups in total. The highest BCUT2D eigenvalue weighted by molar-refractivity contribution is 5.89. The van der Waals surface area contributed by atoms with Crippen LogP contribution in [0.15, 0.2) is 36.4 Å². The molecule has 1 atom stereocenters. The summed E-state index contributed by atoms with van der Waals surface area (Å²) in [6, 6.07) is 11.9. The van der Waals surface area contributed by atoms with Crippen molar-refractivity contribution in [2.75, 3.05) is 32.2 Å². The van der Waals surface area contributed by atoms with Crippen molar-refractivity contribution in [1.29, 1.82) is 0 Å². The van der Waals surface area contributed by atoms with Crippen LogP contribution < -0.4 is 10.1 Å². The van der Waals surface area contributed by atoms with E-state index in [1.54, 1.807) is 6.07 Å². The summed E-state index contributed by atoms with van der Waals surface area (Å²) in [4.78, 5) is 14.7. The Kier molecular flexibility index (Phi) is 4.09. The second-order valence-corrected chi connectivity index (χ2v) is 6.67. The zero-order chi connectivity index (χ0) is 17.3. The third-order valence-corrected chi connectivity index (χ3v) is 5.25. The Balaban J connectivity index is 1.55. The lowest BCUT2D eigenvalue weighted by atomic mass is 9.64. The first-order valence-corrected chi connectivity index (χ1v) is 8.52. The molecule has 1 unspecified atom stereocenters. The number of benzene rings is 1. The number of hydrogen-bond donors (Lipinski definition) is 2. The summed E-state index contributed by atoms with van der Waals surface area (Å²) in [6.07, 6.45) is 1.96. The molecule has 1 aromatic carbocycles. The molecule has 25 heavy (non-hydrogen) atoms. The number of H-pyrrole nitrogens is 1. The van der Waals surface area contributed by atoms with Crippen LogP contribution in [0.5, 0.6) is 5.88 Å². The molecule has 4 rings (SSSR count). The van der Waals surface area contributed by atoms with E-state index in [1.165, 1.54) is 12.7 Å². The van der Waals surface area contributed by atoms with Crippen LogP contribution in [0.2, 0.25) is 0 Å². The van der Waals surface area contributed by atoms with Gasteiger partial charge in [0.1, 0.15) is 5.82 Å². The van der Waals surface area contributed by atoms with Gasteiger partial charge in [-0.3, -0.25) is 10.4 Å². The second kappa shape index (κ2) is 6.40. The number of rotatable bonds is 3. The molecule has 2 aliphatic heterocycles. The summed E-state index contributed by atoms with van der Waals surface area (Å²) in [6.45, 7) is 2.26. The molecule has 0 bridgehead atoms. The van der Waals surface area contributed by atoms with E-state index in [1.807, 2.05) is 23.1 Å². The molecule has 0 radical (unpaired) electrons. The molecule has 2 saturated heterocycles. The van der Waals surface area contributed by atoms with E-state index in [-0.39, 0.29) is 17.5 Å². The van der Waals surface area contributed by atoms with E-state index in [9.17, 15) is 4.79 Å². The number of hydrogen-bond acceptors (Lipinski definition) is 4. The number of anilines is 1. The van der Waals surface area contributed by atoms with E-state index < -0.39 is 0 Å². The summed E-state index contributed by atoms with van der Waals surface area (Å²) in [5, 5.41) is 9.60. The number of urea groups is 1. The van der Waals surface area contributed by atoms with E-state index in [4.69, 9.17) is 9.47 Å².